The van der Waals surface area contributed by atoms with Crippen LogP contribution in [0.25, 0.3) is 10.9 Å². The fourth-order valence-corrected chi connectivity index (χ4v) is 3.62. The number of hydrazone groups is 1. The van der Waals surface area contributed by atoms with Gasteiger partial charge in [-0.05, 0) is 24.1 Å². The van der Waals surface area contributed by atoms with Gasteiger partial charge in [0, 0.05) is 30.1 Å². The molecule has 5 heteroatoms. The maximum absolute atomic E-state index is 12.6. The molecule has 0 bridgehead atoms. The number of carbonyl (C=O) groups is 1. The molecule has 4 rings (SSSR count). The normalized spacial score (nSPS) is 16.7. The van der Waals surface area contributed by atoms with Crippen molar-refractivity contribution in [2.45, 2.75) is 32.2 Å². The van der Waals surface area contributed by atoms with Gasteiger partial charge in [-0.15, -0.1) is 0 Å². The van der Waals surface area contributed by atoms with Crippen molar-refractivity contribution < 1.29 is 4.79 Å². The average molecular weight is 356 g/mol. The summed E-state index contributed by atoms with van der Waals surface area (Å²) < 4.78 is 2.07. The Morgan fingerprint density at radius 1 is 1.22 bits per heavy atom. The van der Waals surface area contributed by atoms with Crippen molar-refractivity contribution >= 4 is 22.5 Å². The number of aromatic nitrogens is 1. The minimum absolute atomic E-state index is 0.0888. The SMILES string of the molecule is Cc1ccc(C2=NNC(=O)[C@H](c3cn(CCC#N)c4ccccc34)C2)cc1. The van der Waals surface area contributed by atoms with Crippen molar-refractivity contribution in [1.82, 2.24) is 9.99 Å². The predicted molar refractivity (Wildman–Crippen MR) is 105 cm³/mol. The molecule has 0 aliphatic carbocycles. The Hall–Kier alpha value is -3.39. The van der Waals surface area contributed by atoms with Crippen LogP contribution >= 0.6 is 0 Å². The highest BCUT2D eigenvalue weighted by Crippen LogP contribution is 2.32. The van der Waals surface area contributed by atoms with E-state index in [1.807, 2.05) is 49.5 Å². The molecule has 1 amide bonds. The lowest BCUT2D eigenvalue weighted by molar-refractivity contribution is -0.122. The third-order valence-electron chi connectivity index (χ3n) is 5.06. The number of fused-ring (bicyclic) bond motifs is 1. The van der Waals surface area contributed by atoms with Gasteiger partial charge in [-0.3, -0.25) is 4.79 Å². The zero-order valence-electron chi connectivity index (χ0n) is 15.1. The standard InChI is InChI=1S/C22H20N4O/c1-15-7-9-16(10-8-15)20-13-18(22(27)25-24-20)19-14-26(12-4-11-23)21-6-3-2-5-17(19)21/h2-3,5-10,14,18H,4,12-13H2,1H3,(H,25,27)/t18-/m0/s1. The number of nitriles is 1. The van der Waals surface area contributed by atoms with Gasteiger partial charge in [-0.2, -0.15) is 10.4 Å². The Balaban J connectivity index is 1.72. The molecule has 0 fully saturated rings. The molecule has 1 aliphatic rings. The van der Waals surface area contributed by atoms with Crippen LogP contribution in [0.1, 0.15) is 35.4 Å². The maximum Gasteiger partial charge on any atom is 0.248 e. The van der Waals surface area contributed by atoms with E-state index in [9.17, 15) is 4.79 Å². The topological polar surface area (TPSA) is 70.2 Å². The summed E-state index contributed by atoms with van der Waals surface area (Å²) in [6, 6.07) is 18.4. The van der Waals surface area contributed by atoms with Gasteiger partial charge in [0.1, 0.15) is 0 Å². The number of nitrogens with one attached hydrogen (secondary N) is 1. The van der Waals surface area contributed by atoms with E-state index in [0.29, 0.717) is 19.4 Å². The van der Waals surface area contributed by atoms with Crippen LogP contribution in [0.2, 0.25) is 0 Å². The second-order valence-electron chi connectivity index (χ2n) is 6.86. The molecule has 3 aromatic rings. The molecule has 27 heavy (non-hydrogen) atoms. The summed E-state index contributed by atoms with van der Waals surface area (Å²) in [4.78, 5) is 12.6. The molecule has 0 radical (unpaired) electrons. The average Bonchev–Trinajstić information content (AvgIpc) is 3.06. The van der Waals surface area contributed by atoms with Crippen LogP contribution in [0.4, 0.5) is 0 Å². The molecule has 0 unspecified atom stereocenters. The monoisotopic (exact) mass is 356 g/mol. The first-order valence-corrected chi connectivity index (χ1v) is 9.05. The molecule has 1 aliphatic heterocycles. The molecule has 0 spiro atoms. The highest BCUT2D eigenvalue weighted by atomic mass is 16.2. The highest BCUT2D eigenvalue weighted by molar-refractivity contribution is 6.07. The molecular weight excluding hydrogens is 336 g/mol. The lowest BCUT2D eigenvalue weighted by atomic mass is 9.89. The first kappa shape index (κ1) is 17.0. The lowest BCUT2D eigenvalue weighted by Gasteiger charge is -2.21. The largest absolute Gasteiger partial charge is 0.346 e. The molecule has 2 heterocycles. The molecule has 1 aromatic heterocycles. The second kappa shape index (κ2) is 7.08. The van der Waals surface area contributed by atoms with Crippen LogP contribution < -0.4 is 5.43 Å². The van der Waals surface area contributed by atoms with E-state index >= 15 is 0 Å². The van der Waals surface area contributed by atoms with E-state index in [0.717, 1.165) is 27.7 Å². The third-order valence-corrected chi connectivity index (χ3v) is 5.06. The Kier molecular flexibility index (Phi) is 4.47. The summed E-state index contributed by atoms with van der Waals surface area (Å²) in [7, 11) is 0. The zero-order chi connectivity index (χ0) is 18.8. The third kappa shape index (κ3) is 3.22. The number of nitrogens with zero attached hydrogens (tertiary/aromatic N) is 3. The number of hydrogen-bond donors (Lipinski definition) is 1. The second-order valence-corrected chi connectivity index (χ2v) is 6.86. The number of para-hydroxylation sites is 1. The molecule has 2 aromatic carbocycles. The highest BCUT2D eigenvalue weighted by Gasteiger charge is 2.29. The minimum atomic E-state index is -0.299. The van der Waals surface area contributed by atoms with Gasteiger partial charge in [-0.1, -0.05) is 48.0 Å². The van der Waals surface area contributed by atoms with Crippen LogP contribution in [0.15, 0.2) is 59.8 Å². The van der Waals surface area contributed by atoms with E-state index in [1.54, 1.807) is 0 Å². The van der Waals surface area contributed by atoms with Crippen molar-refractivity contribution in [3.05, 3.63) is 71.4 Å². The Labute approximate surface area is 157 Å². The number of aryl methyl sites for hydroxylation is 2. The van der Waals surface area contributed by atoms with Gasteiger partial charge in [0.05, 0.1) is 24.1 Å². The van der Waals surface area contributed by atoms with E-state index in [1.165, 1.54) is 5.56 Å². The summed E-state index contributed by atoms with van der Waals surface area (Å²) in [5.41, 5.74) is 7.84. The summed E-state index contributed by atoms with van der Waals surface area (Å²) in [6.45, 7) is 2.66. The summed E-state index contributed by atoms with van der Waals surface area (Å²) in [5.74, 6) is -0.388. The van der Waals surface area contributed by atoms with Gasteiger partial charge < -0.3 is 4.57 Å². The summed E-state index contributed by atoms with van der Waals surface area (Å²) in [5, 5.41) is 14.3. The summed E-state index contributed by atoms with van der Waals surface area (Å²) in [6.07, 6.45) is 3.01. The van der Waals surface area contributed by atoms with E-state index in [-0.39, 0.29) is 11.8 Å². The first-order chi connectivity index (χ1) is 13.2. The number of hydrogen-bond acceptors (Lipinski definition) is 3. The number of carbonyl (C=O) groups excluding carboxylic acids is 1. The van der Waals surface area contributed by atoms with Crippen LogP contribution in [0.5, 0.6) is 0 Å². The van der Waals surface area contributed by atoms with E-state index < -0.39 is 0 Å². The van der Waals surface area contributed by atoms with Crippen LogP contribution in [-0.2, 0) is 11.3 Å². The fourth-order valence-electron chi connectivity index (χ4n) is 3.62. The van der Waals surface area contributed by atoms with Crippen LogP contribution in [0, 0.1) is 18.3 Å². The fraction of sp³-hybridized carbons (Fsp3) is 0.227. The molecule has 0 saturated carbocycles. The van der Waals surface area contributed by atoms with Gasteiger partial charge in [0.2, 0.25) is 5.91 Å². The van der Waals surface area contributed by atoms with Crippen LogP contribution in [0.3, 0.4) is 0 Å². The van der Waals surface area contributed by atoms with Crippen molar-refractivity contribution in [2.24, 2.45) is 5.10 Å². The molecule has 1 atom stereocenters. The number of benzene rings is 2. The first-order valence-electron chi connectivity index (χ1n) is 9.05. The van der Waals surface area contributed by atoms with Crippen molar-refractivity contribution in [3.63, 3.8) is 0 Å². The smallest absolute Gasteiger partial charge is 0.248 e. The van der Waals surface area contributed by atoms with Crippen molar-refractivity contribution in [2.75, 3.05) is 0 Å². The summed E-state index contributed by atoms with van der Waals surface area (Å²) >= 11 is 0. The van der Waals surface area contributed by atoms with E-state index in [4.69, 9.17) is 5.26 Å². The Morgan fingerprint density at radius 3 is 2.78 bits per heavy atom. The molecule has 5 nitrogen and oxygen atoms in total. The molecule has 134 valence electrons. The van der Waals surface area contributed by atoms with Gasteiger partial charge >= 0.3 is 0 Å². The van der Waals surface area contributed by atoms with Gasteiger partial charge in [0.25, 0.3) is 0 Å². The zero-order valence-corrected chi connectivity index (χ0v) is 15.1. The van der Waals surface area contributed by atoms with E-state index in [2.05, 4.69) is 33.3 Å². The van der Waals surface area contributed by atoms with Crippen molar-refractivity contribution in [3.8, 4) is 6.07 Å². The van der Waals surface area contributed by atoms with Gasteiger partial charge in [0.15, 0.2) is 0 Å². The number of rotatable bonds is 4. The lowest BCUT2D eigenvalue weighted by Crippen LogP contribution is -2.33. The number of amides is 1. The minimum Gasteiger partial charge on any atom is -0.346 e. The molecule has 1 N–H and O–H groups in total. The van der Waals surface area contributed by atoms with Gasteiger partial charge in [-0.25, -0.2) is 5.43 Å². The quantitative estimate of drug-likeness (QED) is 0.771. The predicted octanol–water partition coefficient (Wildman–Crippen LogP) is 3.87. The maximum atomic E-state index is 12.6. The molecule has 0 saturated heterocycles. The Morgan fingerprint density at radius 2 is 2.00 bits per heavy atom. The Bertz CT molecular complexity index is 1070. The molecular formula is C22H20N4O. The van der Waals surface area contributed by atoms with Crippen LogP contribution in [-0.4, -0.2) is 16.2 Å². The van der Waals surface area contributed by atoms with Crippen molar-refractivity contribution in [1.29, 1.82) is 5.26 Å².